The Hall–Kier alpha value is 0.620. The summed E-state index contributed by atoms with van der Waals surface area (Å²) in [5.41, 5.74) is 0.0856. The van der Waals surface area contributed by atoms with Crippen molar-refractivity contribution in [2.45, 2.75) is 46.6 Å². The van der Waals surface area contributed by atoms with E-state index in [1.165, 1.54) is 0 Å². The van der Waals surface area contributed by atoms with E-state index in [9.17, 15) is 0 Å². The topological polar surface area (TPSA) is 24.5 Å². The molecule has 0 atom stereocenters. The first kappa shape index (κ1) is 25.6. The van der Waals surface area contributed by atoms with Gasteiger partial charge in [-0.15, -0.1) is 5.41 Å². The first-order valence-corrected chi connectivity index (χ1v) is 7.16. The molecule has 0 bridgehead atoms. The Labute approximate surface area is 143 Å². The van der Waals surface area contributed by atoms with Crippen LogP contribution in [0.1, 0.15) is 41.0 Å². The van der Waals surface area contributed by atoms with E-state index in [0.717, 1.165) is 26.1 Å². The Morgan fingerprint density at radius 1 is 1.10 bits per heavy atom. The number of nitrogens with one attached hydrogen (secondary N) is 1. The molecule has 121 valence electrons. The summed E-state index contributed by atoms with van der Waals surface area (Å²) in [4.78, 5) is 2.12. The molecule has 0 saturated carbocycles. The van der Waals surface area contributed by atoms with Gasteiger partial charge in [-0.3, -0.25) is 0 Å². The molecule has 1 radical (unpaired) electrons. The number of rotatable bonds is 8. The molecular weight excluding hydrogens is 329 g/mol. The van der Waals surface area contributed by atoms with Gasteiger partial charge in [0, 0.05) is 12.1 Å². The summed E-state index contributed by atoms with van der Waals surface area (Å²) >= 11 is 0. The minimum Gasteiger partial charge on any atom is -0.382 e. The van der Waals surface area contributed by atoms with Gasteiger partial charge in [0.1, 0.15) is 0 Å². The van der Waals surface area contributed by atoms with Crippen molar-refractivity contribution in [3.8, 4) is 0 Å². The summed E-state index contributed by atoms with van der Waals surface area (Å²) in [6.07, 6.45) is 1.01. The van der Waals surface area contributed by atoms with Crippen LogP contribution < -0.4 is 5.32 Å². The summed E-state index contributed by atoms with van der Waals surface area (Å²) in [6, 6.07) is 0. The second-order valence-electron chi connectivity index (χ2n) is 6.73. The Morgan fingerprint density at radius 2 is 1.60 bits per heavy atom. The largest absolute Gasteiger partial charge is 2.00 e. The maximum Gasteiger partial charge on any atom is 2.00 e. The van der Waals surface area contributed by atoms with Crippen LogP contribution in [0.2, 0.25) is 0 Å². The SMILES string of the molecule is [CH2-]C(C)(C)COCC(C)(C)NCC.[CH2-]CCN(C)C.[Nb+2]. The van der Waals surface area contributed by atoms with Crippen molar-refractivity contribution in [3.05, 3.63) is 13.8 Å². The van der Waals surface area contributed by atoms with Crippen LogP contribution in [0, 0.1) is 19.3 Å². The van der Waals surface area contributed by atoms with Crippen molar-refractivity contribution in [2.24, 2.45) is 5.41 Å². The maximum absolute atomic E-state index is 5.59. The predicted molar refractivity (Wildman–Crippen MR) is 86.2 cm³/mol. The Morgan fingerprint density at radius 3 is 1.85 bits per heavy atom. The third-order valence-electron chi connectivity index (χ3n) is 2.22. The molecule has 0 spiro atoms. The van der Waals surface area contributed by atoms with Crippen LogP contribution >= 0.6 is 0 Å². The number of hydrogen-bond donors (Lipinski definition) is 1. The average molecular weight is 365 g/mol. The van der Waals surface area contributed by atoms with Gasteiger partial charge < -0.3 is 28.8 Å². The normalized spacial score (nSPS) is 11.7. The van der Waals surface area contributed by atoms with Crippen molar-refractivity contribution < 1.29 is 27.1 Å². The van der Waals surface area contributed by atoms with Gasteiger partial charge in [0.2, 0.25) is 0 Å². The molecule has 0 amide bonds. The third-order valence-corrected chi connectivity index (χ3v) is 2.22. The Kier molecular flexibility index (Phi) is 17.0. The van der Waals surface area contributed by atoms with Crippen molar-refractivity contribution in [3.63, 3.8) is 0 Å². The van der Waals surface area contributed by atoms with Gasteiger partial charge in [-0.2, -0.15) is 6.42 Å². The molecule has 0 aromatic carbocycles. The summed E-state index contributed by atoms with van der Waals surface area (Å²) < 4.78 is 5.59. The molecule has 1 N–H and O–H groups in total. The van der Waals surface area contributed by atoms with Gasteiger partial charge in [-0.1, -0.05) is 20.8 Å². The van der Waals surface area contributed by atoms with Crippen molar-refractivity contribution in [1.82, 2.24) is 10.2 Å². The molecular formula is C16H36N2NbO. The van der Waals surface area contributed by atoms with Crippen LogP contribution in [0.4, 0.5) is 0 Å². The zero-order chi connectivity index (χ0) is 15.5. The zero-order valence-corrected chi connectivity index (χ0v) is 17.0. The second-order valence-corrected chi connectivity index (χ2v) is 6.73. The van der Waals surface area contributed by atoms with E-state index in [1.807, 2.05) is 14.1 Å². The predicted octanol–water partition coefficient (Wildman–Crippen LogP) is 3.02. The fourth-order valence-corrected chi connectivity index (χ4v) is 1.43. The van der Waals surface area contributed by atoms with Crippen LogP contribution in [0.5, 0.6) is 0 Å². The van der Waals surface area contributed by atoms with E-state index in [1.54, 1.807) is 0 Å². The van der Waals surface area contributed by atoms with Crippen LogP contribution in [-0.2, 0) is 27.1 Å². The van der Waals surface area contributed by atoms with Gasteiger partial charge in [0.15, 0.2) is 0 Å². The van der Waals surface area contributed by atoms with Gasteiger partial charge in [-0.05, 0) is 41.0 Å². The average Bonchev–Trinajstić information content (AvgIpc) is 2.15. The smallest absolute Gasteiger partial charge is 0.382 e. The van der Waals surface area contributed by atoms with E-state index >= 15 is 0 Å². The molecule has 3 nitrogen and oxygen atoms in total. The first-order valence-electron chi connectivity index (χ1n) is 7.16. The third kappa shape index (κ3) is 23.7. The van der Waals surface area contributed by atoms with Crippen molar-refractivity contribution in [2.75, 3.05) is 40.4 Å². The fourth-order valence-electron chi connectivity index (χ4n) is 1.43. The van der Waals surface area contributed by atoms with Crippen molar-refractivity contribution >= 4 is 0 Å². The van der Waals surface area contributed by atoms with Gasteiger partial charge >= 0.3 is 22.4 Å². The minimum absolute atomic E-state index is 0. The summed E-state index contributed by atoms with van der Waals surface area (Å²) in [6.45, 7) is 21.7. The zero-order valence-electron chi connectivity index (χ0n) is 14.8. The standard InChI is InChI=1S/C11H24NO.C5H12N.Nb/c1-7-12-11(5,6)9-13-8-10(2,3)4;1-4-5-6(2)3;/h12H,2,7-9H2,1,3-6H3;1,4-5H2,2-3H3;/q2*-1;+2. The Balaban J connectivity index is -0.000000352. The van der Waals surface area contributed by atoms with Gasteiger partial charge in [0.05, 0.1) is 6.61 Å². The number of hydrogen-bond acceptors (Lipinski definition) is 3. The summed E-state index contributed by atoms with van der Waals surface area (Å²) in [5.74, 6) is 0. The molecule has 0 aliphatic rings. The van der Waals surface area contributed by atoms with E-state index in [-0.39, 0.29) is 33.3 Å². The quantitative estimate of drug-likeness (QED) is 0.529. The van der Waals surface area contributed by atoms with E-state index in [0.29, 0.717) is 6.61 Å². The molecule has 0 saturated heterocycles. The first-order chi connectivity index (χ1) is 8.54. The van der Waals surface area contributed by atoms with Gasteiger partial charge in [-0.25, -0.2) is 0 Å². The Bertz CT molecular complexity index is 201. The molecule has 0 aliphatic heterocycles. The van der Waals surface area contributed by atoms with Crippen LogP contribution in [-0.4, -0.2) is 50.8 Å². The molecule has 0 rings (SSSR count). The molecule has 0 aromatic rings. The van der Waals surface area contributed by atoms with E-state index in [4.69, 9.17) is 4.74 Å². The van der Waals surface area contributed by atoms with Crippen LogP contribution in [0.25, 0.3) is 0 Å². The molecule has 0 heterocycles. The number of likely N-dealkylation sites (N-methyl/N-ethyl adjacent to an activating group) is 1. The molecule has 4 heteroatoms. The maximum atomic E-state index is 5.59. The monoisotopic (exact) mass is 365 g/mol. The molecule has 0 aromatic heterocycles. The van der Waals surface area contributed by atoms with Crippen LogP contribution in [0.3, 0.4) is 0 Å². The van der Waals surface area contributed by atoms with E-state index < -0.39 is 0 Å². The number of nitrogens with zero attached hydrogens (tertiary/aromatic N) is 1. The summed E-state index contributed by atoms with van der Waals surface area (Å²) in [7, 11) is 4.09. The van der Waals surface area contributed by atoms with Gasteiger partial charge in [0.25, 0.3) is 0 Å². The minimum atomic E-state index is 0. The second kappa shape index (κ2) is 13.3. The molecule has 0 fully saturated rings. The van der Waals surface area contributed by atoms with Crippen molar-refractivity contribution in [1.29, 1.82) is 0 Å². The summed E-state index contributed by atoms with van der Waals surface area (Å²) in [5, 5.41) is 3.36. The molecule has 0 unspecified atom stereocenters. The fraction of sp³-hybridized carbons (Fsp3) is 0.875. The molecule has 20 heavy (non-hydrogen) atoms. The van der Waals surface area contributed by atoms with E-state index in [2.05, 4.69) is 58.7 Å². The number of ether oxygens (including phenoxy) is 1. The molecule has 0 aliphatic carbocycles. The van der Waals surface area contributed by atoms with Crippen LogP contribution in [0.15, 0.2) is 0 Å².